The molecule has 3 rings (SSSR count). The summed E-state index contributed by atoms with van der Waals surface area (Å²) in [4.78, 5) is 16.9. The van der Waals surface area contributed by atoms with Gasteiger partial charge in [-0.15, -0.1) is 11.6 Å². The van der Waals surface area contributed by atoms with Crippen LogP contribution in [0.1, 0.15) is 5.82 Å². The third kappa shape index (κ3) is 2.42. The van der Waals surface area contributed by atoms with Gasteiger partial charge in [-0.25, -0.2) is 9.97 Å². The highest BCUT2D eigenvalue weighted by atomic mass is 35.5. The highest BCUT2D eigenvalue weighted by molar-refractivity contribution is 6.34. The van der Waals surface area contributed by atoms with Crippen LogP contribution < -0.4 is 0 Å². The van der Waals surface area contributed by atoms with E-state index in [9.17, 15) is 0 Å². The molecule has 0 spiro atoms. The molecule has 0 fully saturated rings. The largest absolute Gasteiger partial charge is 0.255 e. The Morgan fingerprint density at radius 1 is 1.10 bits per heavy atom. The molecule has 3 heterocycles. The van der Waals surface area contributed by atoms with E-state index < -0.39 is 0 Å². The van der Waals surface area contributed by atoms with E-state index in [4.69, 9.17) is 34.8 Å². The second-order valence-electron chi connectivity index (χ2n) is 3.99. The van der Waals surface area contributed by atoms with E-state index >= 15 is 0 Å². The van der Waals surface area contributed by atoms with Crippen molar-refractivity contribution in [2.24, 2.45) is 0 Å². The van der Waals surface area contributed by atoms with Crippen LogP contribution >= 0.6 is 34.8 Å². The van der Waals surface area contributed by atoms with Crippen LogP contribution in [0, 0.1) is 0 Å². The average molecular weight is 326 g/mol. The highest BCUT2D eigenvalue weighted by Crippen LogP contribution is 2.28. The van der Waals surface area contributed by atoms with Crippen molar-refractivity contribution >= 4 is 45.8 Å². The second kappa shape index (κ2) is 5.48. The van der Waals surface area contributed by atoms with Gasteiger partial charge >= 0.3 is 0 Å². The van der Waals surface area contributed by atoms with Crippen molar-refractivity contribution in [1.82, 2.24) is 19.9 Å². The fraction of sp³-hybridized carbons (Fsp3) is 0.0769. The number of aromatic nitrogens is 4. The van der Waals surface area contributed by atoms with Crippen LogP contribution in [0.5, 0.6) is 0 Å². The molecule has 20 heavy (non-hydrogen) atoms. The molecule has 0 amide bonds. The lowest BCUT2D eigenvalue weighted by Gasteiger charge is -2.05. The maximum Gasteiger partial charge on any atom is 0.159 e. The first-order valence-electron chi connectivity index (χ1n) is 5.68. The van der Waals surface area contributed by atoms with Gasteiger partial charge in [-0.2, -0.15) is 0 Å². The summed E-state index contributed by atoms with van der Waals surface area (Å²) in [6.45, 7) is 0. The van der Waals surface area contributed by atoms with Crippen LogP contribution in [0.15, 0.2) is 30.6 Å². The molecule has 100 valence electrons. The van der Waals surface area contributed by atoms with Crippen molar-refractivity contribution in [3.63, 3.8) is 0 Å². The SMILES string of the molecule is ClCc1nc(Cl)c2ncc(-c3ncccc3Cl)cc2n1. The van der Waals surface area contributed by atoms with Gasteiger partial charge in [-0.1, -0.05) is 23.2 Å². The zero-order chi connectivity index (χ0) is 14.1. The number of nitrogens with zero attached hydrogens (tertiary/aromatic N) is 4. The lowest BCUT2D eigenvalue weighted by atomic mass is 10.1. The Morgan fingerprint density at radius 2 is 1.95 bits per heavy atom. The third-order valence-electron chi connectivity index (χ3n) is 2.69. The minimum Gasteiger partial charge on any atom is -0.255 e. The zero-order valence-electron chi connectivity index (χ0n) is 10.0. The predicted molar refractivity (Wildman–Crippen MR) is 80.1 cm³/mol. The Morgan fingerprint density at radius 3 is 2.70 bits per heavy atom. The molecule has 0 aliphatic carbocycles. The van der Waals surface area contributed by atoms with Gasteiger partial charge < -0.3 is 0 Å². The topological polar surface area (TPSA) is 51.6 Å². The molecule has 3 aromatic rings. The van der Waals surface area contributed by atoms with E-state index in [0.717, 1.165) is 5.56 Å². The first kappa shape index (κ1) is 13.5. The van der Waals surface area contributed by atoms with E-state index in [-0.39, 0.29) is 11.0 Å². The molecular formula is C13H7Cl3N4. The molecule has 0 atom stereocenters. The molecule has 4 nitrogen and oxygen atoms in total. The molecule has 0 aliphatic heterocycles. The third-order valence-corrected chi connectivity index (χ3v) is 3.50. The fourth-order valence-corrected chi connectivity index (χ4v) is 2.41. The maximum absolute atomic E-state index is 6.13. The van der Waals surface area contributed by atoms with Crippen LogP contribution in [0.25, 0.3) is 22.3 Å². The van der Waals surface area contributed by atoms with Gasteiger partial charge in [0.2, 0.25) is 0 Å². The van der Waals surface area contributed by atoms with E-state index in [0.29, 0.717) is 27.6 Å². The Kier molecular flexibility index (Phi) is 3.70. The van der Waals surface area contributed by atoms with Crippen LogP contribution in [0.3, 0.4) is 0 Å². The number of fused-ring (bicyclic) bond motifs is 1. The van der Waals surface area contributed by atoms with Crippen molar-refractivity contribution in [2.75, 3.05) is 0 Å². The smallest absolute Gasteiger partial charge is 0.159 e. The van der Waals surface area contributed by atoms with Gasteiger partial charge in [0.15, 0.2) is 5.15 Å². The predicted octanol–water partition coefficient (Wildman–Crippen LogP) is 4.13. The monoisotopic (exact) mass is 324 g/mol. The summed E-state index contributed by atoms with van der Waals surface area (Å²) >= 11 is 17.9. The molecule has 0 saturated heterocycles. The first-order valence-corrected chi connectivity index (χ1v) is 6.97. The standard InChI is InChI=1S/C13H7Cl3N4/c14-5-10-19-9-4-7(6-18-12(9)13(16)20-10)11-8(15)2-1-3-17-11/h1-4,6H,5H2. The van der Waals surface area contributed by atoms with Crippen molar-refractivity contribution < 1.29 is 0 Å². The van der Waals surface area contributed by atoms with Gasteiger partial charge in [0, 0.05) is 18.0 Å². The number of hydrogen-bond donors (Lipinski definition) is 0. The molecule has 3 aromatic heterocycles. The summed E-state index contributed by atoms with van der Waals surface area (Å²) in [6.07, 6.45) is 3.31. The van der Waals surface area contributed by atoms with Gasteiger partial charge in [-0.05, 0) is 18.2 Å². The van der Waals surface area contributed by atoms with Crippen molar-refractivity contribution in [1.29, 1.82) is 0 Å². The van der Waals surface area contributed by atoms with E-state index in [1.807, 2.05) is 6.07 Å². The van der Waals surface area contributed by atoms with Crippen molar-refractivity contribution in [3.8, 4) is 11.3 Å². The molecule has 7 heteroatoms. The number of hydrogen-bond acceptors (Lipinski definition) is 4. The molecule has 0 bridgehead atoms. The maximum atomic E-state index is 6.13. The zero-order valence-corrected chi connectivity index (χ0v) is 12.3. The van der Waals surface area contributed by atoms with Crippen LogP contribution in [-0.2, 0) is 5.88 Å². The van der Waals surface area contributed by atoms with E-state index in [1.165, 1.54) is 0 Å². The van der Waals surface area contributed by atoms with E-state index in [2.05, 4.69) is 19.9 Å². The lowest BCUT2D eigenvalue weighted by molar-refractivity contribution is 1.06. The molecular weight excluding hydrogens is 319 g/mol. The summed E-state index contributed by atoms with van der Waals surface area (Å²) < 4.78 is 0. The Hall–Kier alpha value is -1.49. The summed E-state index contributed by atoms with van der Waals surface area (Å²) in [6, 6.07) is 5.36. The summed E-state index contributed by atoms with van der Waals surface area (Å²) in [5, 5.41) is 0.829. The molecule has 0 aromatic carbocycles. The average Bonchev–Trinajstić information content (AvgIpc) is 2.47. The molecule has 0 radical (unpaired) electrons. The van der Waals surface area contributed by atoms with Gasteiger partial charge in [0.25, 0.3) is 0 Å². The minimum atomic E-state index is 0.185. The summed E-state index contributed by atoms with van der Waals surface area (Å²) in [7, 11) is 0. The van der Waals surface area contributed by atoms with E-state index in [1.54, 1.807) is 24.5 Å². The quantitative estimate of drug-likeness (QED) is 0.525. The van der Waals surface area contributed by atoms with Crippen molar-refractivity contribution in [2.45, 2.75) is 5.88 Å². The number of halogens is 3. The van der Waals surface area contributed by atoms with Gasteiger partial charge in [-0.3, -0.25) is 9.97 Å². The summed E-state index contributed by atoms with van der Waals surface area (Å²) in [5.41, 5.74) is 2.54. The van der Waals surface area contributed by atoms with Gasteiger partial charge in [0.1, 0.15) is 11.3 Å². The normalized spacial score (nSPS) is 10.9. The Balaban J connectivity index is 2.22. The molecule has 0 N–H and O–H groups in total. The van der Waals surface area contributed by atoms with Crippen LogP contribution in [-0.4, -0.2) is 19.9 Å². The minimum absolute atomic E-state index is 0.185. The Bertz CT molecular complexity index is 792. The number of rotatable bonds is 2. The second-order valence-corrected chi connectivity index (χ2v) is 5.02. The fourth-order valence-electron chi connectivity index (χ4n) is 1.81. The Labute approximate surface area is 129 Å². The molecule has 0 aliphatic rings. The highest BCUT2D eigenvalue weighted by Gasteiger charge is 2.10. The first-order chi connectivity index (χ1) is 9.69. The number of pyridine rings is 2. The number of alkyl halides is 1. The van der Waals surface area contributed by atoms with Gasteiger partial charge in [0.05, 0.1) is 22.1 Å². The van der Waals surface area contributed by atoms with Crippen molar-refractivity contribution in [3.05, 3.63) is 46.6 Å². The van der Waals surface area contributed by atoms with Crippen LogP contribution in [0.2, 0.25) is 10.2 Å². The summed E-state index contributed by atoms with van der Waals surface area (Å²) in [5.74, 6) is 0.639. The molecule has 0 unspecified atom stereocenters. The lowest BCUT2D eigenvalue weighted by Crippen LogP contribution is -1.96. The van der Waals surface area contributed by atoms with Crippen LogP contribution in [0.4, 0.5) is 0 Å². The molecule has 0 saturated carbocycles.